The van der Waals surface area contributed by atoms with E-state index in [1.165, 1.54) is 12.1 Å². The highest BCUT2D eigenvalue weighted by atomic mass is 32.2. The number of pyridine rings is 1. The molecule has 0 amide bonds. The molecule has 0 radical (unpaired) electrons. The minimum Gasteiger partial charge on any atom is -0.315 e. The zero-order valence-electron chi connectivity index (χ0n) is 18.6. The van der Waals surface area contributed by atoms with Crippen molar-refractivity contribution in [3.05, 3.63) is 101 Å². The summed E-state index contributed by atoms with van der Waals surface area (Å²) in [6.07, 6.45) is 5.28. The molecule has 0 aliphatic rings. The number of hydrogen-bond donors (Lipinski definition) is 2. The van der Waals surface area contributed by atoms with E-state index in [1.54, 1.807) is 24.5 Å². The molecule has 4 rings (SSSR count). The molecule has 1 unspecified atom stereocenters. The summed E-state index contributed by atoms with van der Waals surface area (Å²) in [5.41, 5.74) is 3.27. The molecular weight excluding hydrogens is 448 g/mol. The molecule has 2 N–H and O–H groups in total. The van der Waals surface area contributed by atoms with Gasteiger partial charge in [0.05, 0.1) is 9.82 Å². The van der Waals surface area contributed by atoms with Gasteiger partial charge in [0, 0.05) is 48.4 Å². The van der Waals surface area contributed by atoms with Crippen molar-refractivity contribution in [1.82, 2.24) is 15.0 Å². The van der Waals surface area contributed by atoms with Gasteiger partial charge >= 0.3 is 0 Å². The zero-order valence-corrected chi connectivity index (χ0v) is 19.5. The van der Waals surface area contributed by atoms with Crippen LogP contribution < -0.4 is 10.0 Å². The Balaban J connectivity index is 1.28. The number of aryl methyl sites for hydroxylation is 1. The third-order valence-electron chi connectivity index (χ3n) is 5.52. The lowest BCUT2D eigenvalue weighted by atomic mass is 10.0. The Kier molecular flexibility index (Phi) is 8.08. The number of rotatable bonds is 11. The maximum absolute atomic E-state index is 13.1. The molecule has 0 aliphatic heterocycles. The largest absolute Gasteiger partial charge is 0.315 e. The van der Waals surface area contributed by atoms with Gasteiger partial charge in [-0.3, -0.25) is 15.1 Å². The summed E-state index contributed by atoms with van der Waals surface area (Å²) in [5.74, 6) is 0. The SMILES string of the molecule is O=[N+]([O-])c1ccc(CCCNCCNS(=O)c2cc(-c3ccccc3)cc3cnccc23)cc1. The Morgan fingerprint density at radius 1 is 0.912 bits per heavy atom. The Labute approximate surface area is 201 Å². The third-order valence-corrected chi connectivity index (χ3v) is 6.73. The van der Waals surface area contributed by atoms with Crippen molar-refractivity contribution in [3.63, 3.8) is 0 Å². The summed E-state index contributed by atoms with van der Waals surface area (Å²) in [6, 6.07) is 22.7. The molecule has 4 aromatic rings. The summed E-state index contributed by atoms with van der Waals surface area (Å²) < 4.78 is 16.2. The Morgan fingerprint density at radius 2 is 1.71 bits per heavy atom. The van der Waals surface area contributed by atoms with Crippen molar-refractivity contribution in [2.45, 2.75) is 17.7 Å². The van der Waals surface area contributed by atoms with Crippen LogP contribution in [0.3, 0.4) is 0 Å². The molecule has 0 spiro atoms. The maximum Gasteiger partial charge on any atom is 0.269 e. The van der Waals surface area contributed by atoms with Gasteiger partial charge in [0.25, 0.3) is 5.69 Å². The molecule has 0 saturated carbocycles. The van der Waals surface area contributed by atoms with Crippen LogP contribution in [0.1, 0.15) is 12.0 Å². The monoisotopic (exact) mass is 474 g/mol. The van der Waals surface area contributed by atoms with E-state index in [2.05, 4.69) is 21.1 Å². The molecule has 3 aromatic carbocycles. The number of nitrogens with zero attached hydrogens (tertiary/aromatic N) is 2. The molecule has 1 atom stereocenters. The number of nitro benzene ring substituents is 1. The minimum atomic E-state index is -1.36. The Morgan fingerprint density at radius 3 is 2.47 bits per heavy atom. The lowest BCUT2D eigenvalue weighted by Crippen LogP contribution is -2.29. The number of fused-ring (bicyclic) bond motifs is 1. The van der Waals surface area contributed by atoms with E-state index < -0.39 is 11.0 Å². The van der Waals surface area contributed by atoms with E-state index in [9.17, 15) is 14.3 Å². The third kappa shape index (κ3) is 6.11. The second-order valence-electron chi connectivity index (χ2n) is 7.88. The van der Waals surface area contributed by atoms with Crippen LogP contribution in [0.2, 0.25) is 0 Å². The Bertz CT molecular complexity index is 1280. The first kappa shape index (κ1) is 23.7. The fourth-order valence-electron chi connectivity index (χ4n) is 3.76. The number of benzene rings is 3. The predicted octanol–water partition coefficient (Wildman–Crippen LogP) is 4.64. The van der Waals surface area contributed by atoms with Gasteiger partial charge in [-0.05, 0) is 54.3 Å². The van der Waals surface area contributed by atoms with Gasteiger partial charge in [-0.15, -0.1) is 0 Å². The van der Waals surface area contributed by atoms with Crippen molar-refractivity contribution in [1.29, 1.82) is 0 Å². The first-order valence-corrected chi connectivity index (χ1v) is 12.3. The summed E-state index contributed by atoms with van der Waals surface area (Å²) in [5, 5.41) is 16.0. The molecule has 7 nitrogen and oxygen atoms in total. The van der Waals surface area contributed by atoms with Crippen LogP contribution in [0, 0.1) is 10.1 Å². The van der Waals surface area contributed by atoms with Gasteiger partial charge < -0.3 is 5.32 Å². The van der Waals surface area contributed by atoms with Crippen molar-refractivity contribution in [2.75, 3.05) is 19.6 Å². The van der Waals surface area contributed by atoms with Gasteiger partial charge in [-0.2, -0.15) is 0 Å². The Hall–Kier alpha value is -3.46. The topological polar surface area (TPSA) is 97.2 Å². The molecule has 0 bridgehead atoms. The first-order valence-electron chi connectivity index (χ1n) is 11.1. The summed E-state index contributed by atoms with van der Waals surface area (Å²) in [4.78, 5) is 15.3. The maximum atomic E-state index is 13.1. The second-order valence-corrected chi connectivity index (χ2v) is 9.14. The highest BCUT2D eigenvalue weighted by Gasteiger charge is 2.12. The molecule has 34 heavy (non-hydrogen) atoms. The van der Waals surface area contributed by atoms with E-state index in [0.717, 1.165) is 51.7 Å². The number of aromatic nitrogens is 1. The fourth-order valence-corrected chi connectivity index (χ4v) is 4.82. The molecule has 0 aliphatic carbocycles. The highest BCUT2D eigenvalue weighted by molar-refractivity contribution is 7.83. The fraction of sp³-hybridized carbons (Fsp3) is 0.192. The molecule has 174 valence electrons. The van der Waals surface area contributed by atoms with Crippen molar-refractivity contribution >= 4 is 27.4 Å². The lowest BCUT2D eigenvalue weighted by molar-refractivity contribution is -0.384. The smallest absolute Gasteiger partial charge is 0.269 e. The average Bonchev–Trinajstić information content (AvgIpc) is 2.88. The first-order chi connectivity index (χ1) is 16.6. The van der Waals surface area contributed by atoms with Crippen LogP contribution in [0.25, 0.3) is 21.9 Å². The van der Waals surface area contributed by atoms with Crippen molar-refractivity contribution < 1.29 is 9.13 Å². The lowest BCUT2D eigenvalue weighted by Gasteiger charge is -2.11. The molecule has 1 heterocycles. The number of non-ortho nitro benzene ring substituents is 1. The van der Waals surface area contributed by atoms with E-state index in [-0.39, 0.29) is 10.6 Å². The van der Waals surface area contributed by atoms with Crippen LogP contribution in [0.5, 0.6) is 0 Å². The molecule has 0 saturated heterocycles. The molecule has 8 heteroatoms. The molecular formula is C26H26N4O3S. The van der Waals surface area contributed by atoms with E-state index in [0.29, 0.717) is 13.1 Å². The van der Waals surface area contributed by atoms with Crippen LogP contribution in [0.4, 0.5) is 5.69 Å². The van der Waals surface area contributed by atoms with Crippen LogP contribution in [-0.2, 0) is 17.4 Å². The molecule has 0 fully saturated rings. The summed E-state index contributed by atoms with van der Waals surface area (Å²) in [6.45, 7) is 2.06. The van der Waals surface area contributed by atoms with Gasteiger partial charge in [0.15, 0.2) is 0 Å². The number of nitrogens with one attached hydrogen (secondary N) is 2. The normalized spacial score (nSPS) is 12.0. The van der Waals surface area contributed by atoms with Crippen molar-refractivity contribution in [2.24, 2.45) is 0 Å². The van der Waals surface area contributed by atoms with Gasteiger partial charge in [0.2, 0.25) is 0 Å². The number of hydrogen-bond acceptors (Lipinski definition) is 5. The predicted molar refractivity (Wildman–Crippen MR) is 136 cm³/mol. The van der Waals surface area contributed by atoms with Crippen molar-refractivity contribution in [3.8, 4) is 11.1 Å². The van der Waals surface area contributed by atoms with Crippen LogP contribution in [0.15, 0.2) is 90.1 Å². The summed E-state index contributed by atoms with van der Waals surface area (Å²) in [7, 11) is -1.36. The highest BCUT2D eigenvalue weighted by Crippen LogP contribution is 2.28. The summed E-state index contributed by atoms with van der Waals surface area (Å²) >= 11 is 0. The second kappa shape index (κ2) is 11.6. The zero-order chi connectivity index (χ0) is 23.8. The average molecular weight is 475 g/mol. The van der Waals surface area contributed by atoms with Gasteiger partial charge in [0.1, 0.15) is 11.0 Å². The number of nitro groups is 1. The minimum absolute atomic E-state index is 0.110. The standard InChI is InChI=1S/C26H26N4O3S/c31-30(32)24-10-8-20(9-11-24)5-4-13-27-15-16-29-34(33)26-18-22(21-6-2-1-3-7-21)17-23-19-28-14-12-25(23)26/h1-3,6-12,14,17-19,27,29H,4-5,13,15-16H2. The quantitative estimate of drug-likeness (QED) is 0.187. The van der Waals surface area contributed by atoms with E-state index >= 15 is 0 Å². The van der Waals surface area contributed by atoms with Gasteiger partial charge in [-0.25, -0.2) is 8.93 Å². The van der Waals surface area contributed by atoms with Crippen LogP contribution in [-0.4, -0.2) is 33.8 Å². The molecule has 1 aromatic heterocycles. The van der Waals surface area contributed by atoms with E-state index in [4.69, 9.17) is 0 Å². The van der Waals surface area contributed by atoms with E-state index in [1.807, 2.05) is 42.5 Å². The van der Waals surface area contributed by atoms with Gasteiger partial charge in [-0.1, -0.05) is 42.5 Å². The van der Waals surface area contributed by atoms with Crippen LogP contribution >= 0.6 is 0 Å².